The number of ether oxygens (including phenoxy) is 2. The van der Waals surface area contributed by atoms with Crippen LogP contribution in [0.4, 0.5) is 14.5 Å². The minimum atomic E-state index is -3.00. The second-order valence-corrected chi connectivity index (χ2v) is 6.67. The van der Waals surface area contributed by atoms with Gasteiger partial charge < -0.3 is 19.2 Å². The van der Waals surface area contributed by atoms with Crippen LogP contribution in [0, 0.1) is 6.92 Å². The van der Waals surface area contributed by atoms with Gasteiger partial charge in [-0.1, -0.05) is 18.2 Å². The third-order valence-electron chi connectivity index (χ3n) is 3.69. The van der Waals surface area contributed by atoms with Crippen molar-refractivity contribution < 1.29 is 27.5 Å². The smallest absolute Gasteiger partial charge is 0.387 e. The highest BCUT2D eigenvalue weighted by atomic mass is 79.9. The number of amides is 1. The van der Waals surface area contributed by atoms with Crippen molar-refractivity contribution in [2.45, 2.75) is 20.1 Å². The van der Waals surface area contributed by atoms with E-state index < -0.39 is 12.5 Å². The Hall–Kier alpha value is -2.87. The van der Waals surface area contributed by atoms with Crippen molar-refractivity contribution in [1.82, 2.24) is 0 Å². The average Bonchev–Trinajstić information content (AvgIpc) is 3.12. The van der Waals surface area contributed by atoms with E-state index in [0.717, 1.165) is 10.0 Å². The molecule has 0 atom stereocenters. The van der Waals surface area contributed by atoms with Crippen molar-refractivity contribution in [3.63, 3.8) is 0 Å². The molecular formula is C20H16BrF2NO4. The molecule has 0 radical (unpaired) electrons. The van der Waals surface area contributed by atoms with Gasteiger partial charge in [0, 0.05) is 0 Å². The van der Waals surface area contributed by atoms with E-state index in [1.807, 2.05) is 18.2 Å². The number of alkyl halides is 2. The van der Waals surface area contributed by atoms with Gasteiger partial charge in [-0.3, -0.25) is 4.79 Å². The molecule has 0 aliphatic rings. The molecule has 1 heterocycles. The maximum absolute atomic E-state index is 12.5. The lowest BCUT2D eigenvalue weighted by Gasteiger charge is -2.12. The maximum Gasteiger partial charge on any atom is 0.387 e. The number of carbonyl (C=O) groups is 1. The molecule has 3 rings (SSSR count). The normalized spacial score (nSPS) is 10.8. The predicted octanol–water partition coefficient (Wildman–Crippen LogP) is 5.78. The minimum Gasteiger partial charge on any atom is -0.484 e. The van der Waals surface area contributed by atoms with E-state index in [9.17, 15) is 13.6 Å². The fraction of sp³-hybridized carbons (Fsp3) is 0.150. The molecule has 0 aliphatic carbocycles. The van der Waals surface area contributed by atoms with Crippen LogP contribution in [0.5, 0.6) is 11.5 Å². The Balaban J connectivity index is 1.68. The average molecular weight is 452 g/mol. The van der Waals surface area contributed by atoms with Gasteiger partial charge in [0.15, 0.2) is 5.76 Å². The van der Waals surface area contributed by atoms with Crippen LogP contribution in [0.3, 0.4) is 0 Å². The van der Waals surface area contributed by atoms with E-state index in [1.165, 1.54) is 18.2 Å². The number of hydrogen-bond donors (Lipinski definition) is 1. The summed E-state index contributed by atoms with van der Waals surface area (Å²) in [5, 5.41) is 2.53. The van der Waals surface area contributed by atoms with Gasteiger partial charge in [0.1, 0.15) is 23.9 Å². The molecule has 0 unspecified atom stereocenters. The van der Waals surface area contributed by atoms with Crippen LogP contribution in [0.1, 0.15) is 21.9 Å². The summed E-state index contributed by atoms with van der Waals surface area (Å²) in [5.74, 6) is 0.387. The molecular weight excluding hydrogens is 436 g/mol. The van der Waals surface area contributed by atoms with E-state index in [1.54, 1.807) is 25.1 Å². The molecule has 1 amide bonds. The van der Waals surface area contributed by atoms with Gasteiger partial charge in [0.25, 0.3) is 5.91 Å². The van der Waals surface area contributed by atoms with Gasteiger partial charge in [0.2, 0.25) is 0 Å². The number of aryl methyl sites for hydroxylation is 1. The Morgan fingerprint density at radius 2 is 1.93 bits per heavy atom. The fourth-order valence-corrected chi connectivity index (χ4v) is 2.81. The lowest BCUT2D eigenvalue weighted by Crippen LogP contribution is -2.13. The predicted molar refractivity (Wildman–Crippen MR) is 103 cm³/mol. The monoisotopic (exact) mass is 451 g/mol. The maximum atomic E-state index is 12.5. The van der Waals surface area contributed by atoms with Crippen LogP contribution in [-0.4, -0.2) is 12.5 Å². The van der Waals surface area contributed by atoms with E-state index in [-0.39, 0.29) is 23.8 Å². The topological polar surface area (TPSA) is 60.7 Å². The molecule has 0 bridgehead atoms. The molecule has 0 saturated heterocycles. The summed E-state index contributed by atoms with van der Waals surface area (Å²) in [6, 6.07) is 14.9. The van der Waals surface area contributed by atoms with Gasteiger partial charge >= 0.3 is 6.61 Å². The van der Waals surface area contributed by atoms with Crippen LogP contribution < -0.4 is 14.8 Å². The Morgan fingerprint density at radius 1 is 1.14 bits per heavy atom. The molecule has 8 heteroatoms. The largest absolute Gasteiger partial charge is 0.484 e. The highest BCUT2D eigenvalue weighted by molar-refractivity contribution is 9.10. The third-order valence-corrected chi connectivity index (χ3v) is 4.35. The molecule has 5 nitrogen and oxygen atoms in total. The molecule has 146 valence electrons. The van der Waals surface area contributed by atoms with Crippen molar-refractivity contribution in [2.24, 2.45) is 0 Å². The van der Waals surface area contributed by atoms with Crippen molar-refractivity contribution in [3.8, 4) is 11.5 Å². The zero-order valence-corrected chi connectivity index (χ0v) is 16.3. The fourth-order valence-electron chi connectivity index (χ4n) is 2.41. The minimum absolute atomic E-state index is 0.0234. The zero-order valence-electron chi connectivity index (χ0n) is 14.7. The number of furan rings is 1. The second-order valence-electron chi connectivity index (χ2n) is 5.82. The SMILES string of the molecule is Cc1ccc(OC(F)F)c(NC(=O)c2ccc(COc3ccccc3Br)o2)c1. The van der Waals surface area contributed by atoms with Crippen molar-refractivity contribution in [2.75, 3.05) is 5.32 Å². The third kappa shape index (κ3) is 5.10. The summed E-state index contributed by atoms with van der Waals surface area (Å²) in [5.41, 5.74) is 0.909. The zero-order chi connectivity index (χ0) is 20.1. The van der Waals surface area contributed by atoms with Gasteiger partial charge in [-0.15, -0.1) is 0 Å². The van der Waals surface area contributed by atoms with E-state index in [0.29, 0.717) is 11.5 Å². The van der Waals surface area contributed by atoms with Gasteiger partial charge in [-0.05, 0) is 64.8 Å². The highest BCUT2D eigenvalue weighted by Gasteiger charge is 2.16. The molecule has 0 spiro atoms. The van der Waals surface area contributed by atoms with E-state index >= 15 is 0 Å². The summed E-state index contributed by atoms with van der Waals surface area (Å²) in [4.78, 5) is 12.4. The van der Waals surface area contributed by atoms with E-state index in [4.69, 9.17) is 9.15 Å². The summed E-state index contributed by atoms with van der Waals surface area (Å²) < 4.78 is 41.5. The first-order chi connectivity index (χ1) is 13.4. The number of para-hydroxylation sites is 1. The molecule has 1 aromatic heterocycles. The van der Waals surface area contributed by atoms with Crippen LogP contribution >= 0.6 is 15.9 Å². The number of hydrogen-bond acceptors (Lipinski definition) is 4. The van der Waals surface area contributed by atoms with Crippen molar-refractivity contribution in [1.29, 1.82) is 0 Å². The van der Waals surface area contributed by atoms with Crippen molar-refractivity contribution in [3.05, 3.63) is 76.2 Å². The number of benzene rings is 2. The first-order valence-electron chi connectivity index (χ1n) is 8.25. The van der Waals surface area contributed by atoms with Crippen LogP contribution in [0.2, 0.25) is 0 Å². The summed E-state index contributed by atoms with van der Waals surface area (Å²) in [7, 11) is 0. The highest BCUT2D eigenvalue weighted by Crippen LogP contribution is 2.28. The Kier molecular flexibility index (Phi) is 6.30. The Bertz CT molecular complexity index is 974. The van der Waals surface area contributed by atoms with Gasteiger partial charge in [-0.25, -0.2) is 0 Å². The molecule has 2 aromatic carbocycles. The molecule has 0 saturated carbocycles. The number of carbonyl (C=O) groups excluding carboxylic acids is 1. The molecule has 0 aliphatic heterocycles. The number of halogens is 3. The Morgan fingerprint density at radius 3 is 2.68 bits per heavy atom. The van der Waals surface area contributed by atoms with Crippen LogP contribution in [-0.2, 0) is 6.61 Å². The van der Waals surface area contributed by atoms with Crippen molar-refractivity contribution >= 4 is 27.5 Å². The lowest BCUT2D eigenvalue weighted by molar-refractivity contribution is -0.0493. The van der Waals surface area contributed by atoms with E-state index in [2.05, 4.69) is 26.0 Å². The molecule has 0 fully saturated rings. The molecule has 28 heavy (non-hydrogen) atoms. The number of nitrogens with one attached hydrogen (secondary N) is 1. The van der Waals surface area contributed by atoms with Gasteiger partial charge in [-0.2, -0.15) is 8.78 Å². The standard InChI is InChI=1S/C20H16BrF2NO4/c1-12-6-8-17(28-20(22)23)15(10-12)24-19(25)18-9-7-13(27-18)11-26-16-5-3-2-4-14(16)21/h2-10,20H,11H2,1H3,(H,24,25). The van der Waals surface area contributed by atoms with Crippen LogP contribution in [0.25, 0.3) is 0 Å². The lowest BCUT2D eigenvalue weighted by atomic mass is 10.2. The number of anilines is 1. The van der Waals surface area contributed by atoms with Crippen LogP contribution in [0.15, 0.2) is 63.5 Å². The molecule has 1 N–H and O–H groups in total. The summed E-state index contributed by atoms with van der Waals surface area (Å²) in [6.07, 6.45) is 0. The second kappa shape index (κ2) is 8.88. The Labute approximate surface area is 168 Å². The number of rotatable bonds is 7. The van der Waals surface area contributed by atoms with Gasteiger partial charge in [0.05, 0.1) is 10.2 Å². The first-order valence-corrected chi connectivity index (χ1v) is 9.04. The quantitative estimate of drug-likeness (QED) is 0.494. The summed E-state index contributed by atoms with van der Waals surface area (Å²) in [6.45, 7) is -1.10. The summed E-state index contributed by atoms with van der Waals surface area (Å²) >= 11 is 3.38. The first kappa shape index (κ1) is 19.9. The molecule has 3 aromatic rings.